The summed E-state index contributed by atoms with van der Waals surface area (Å²) in [6, 6.07) is 8.93. The lowest BCUT2D eigenvalue weighted by atomic mass is 10.1. The molecule has 1 saturated heterocycles. The molecule has 0 unspecified atom stereocenters. The van der Waals surface area contributed by atoms with Crippen LogP contribution in [0, 0.1) is 17.5 Å². The normalized spacial score (nSPS) is 14.1. The van der Waals surface area contributed by atoms with E-state index >= 15 is 0 Å². The number of hydrogen-bond donors (Lipinski definition) is 2. The van der Waals surface area contributed by atoms with E-state index in [1.165, 1.54) is 18.2 Å². The lowest BCUT2D eigenvalue weighted by molar-refractivity contribution is 0.122. The van der Waals surface area contributed by atoms with Gasteiger partial charge in [0.15, 0.2) is 28.6 Å². The average Bonchev–Trinajstić information content (AvgIpc) is 3.54. The number of benzene rings is 2. The topological polar surface area (TPSA) is 96.8 Å². The van der Waals surface area contributed by atoms with Crippen LogP contribution in [0.1, 0.15) is 11.4 Å². The van der Waals surface area contributed by atoms with Crippen LogP contribution in [0.5, 0.6) is 0 Å². The number of ether oxygens (including phenoxy) is 1. The van der Waals surface area contributed by atoms with Crippen molar-refractivity contribution in [2.45, 2.75) is 19.5 Å². The molecule has 37 heavy (non-hydrogen) atoms. The molecule has 0 bridgehead atoms. The van der Waals surface area contributed by atoms with Crippen molar-refractivity contribution < 1.29 is 17.9 Å². The van der Waals surface area contributed by atoms with Gasteiger partial charge in [-0.2, -0.15) is 9.97 Å². The van der Waals surface area contributed by atoms with Gasteiger partial charge in [0.1, 0.15) is 17.2 Å². The van der Waals surface area contributed by atoms with E-state index in [2.05, 4.69) is 20.3 Å². The van der Waals surface area contributed by atoms with Crippen molar-refractivity contribution in [2.75, 3.05) is 36.5 Å². The maximum Gasteiger partial charge on any atom is 0.229 e. The van der Waals surface area contributed by atoms with E-state index in [0.717, 1.165) is 11.6 Å². The van der Waals surface area contributed by atoms with Crippen molar-refractivity contribution in [2.24, 2.45) is 0 Å². The third-order valence-electron chi connectivity index (χ3n) is 6.32. The molecule has 6 rings (SSSR count). The molecule has 0 radical (unpaired) electrons. The number of fused-ring (bicyclic) bond motifs is 2. The van der Waals surface area contributed by atoms with Crippen LogP contribution >= 0.6 is 0 Å². The number of H-pyrrole nitrogens is 1. The zero-order valence-corrected chi connectivity index (χ0v) is 19.7. The number of hydrogen-bond acceptors (Lipinski definition) is 7. The lowest BCUT2D eigenvalue weighted by Crippen LogP contribution is -2.37. The van der Waals surface area contributed by atoms with Gasteiger partial charge < -0.3 is 24.5 Å². The Morgan fingerprint density at radius 3 is 2.57 bits per heavy atom. The van der Waals surface area contributed by atoms with Crippen LogP contribution in [0.2, 0.25) is 0 Å². The van der Waals surface area contributed by atoms with Gasteiger partial charge in [-0.05, 0) is 36.2 Å². The van der Waals surface area contributed by atoms with E-state index in [9.17, 15) is 13.2 Å². The van der Waals surface area contributed by atoms with Crippen LogP contribution in [0.15, 0.2) is 42.7 Å². The Hall–Kier alpha value is -4.19. The molecule has 1 fully saturated rings. The number of nitrogens with one attached hydrogen (secondary N) is 2. The van der Waals surface area contributed by atoms with Gasteiger partial charge >= 0.3 is 0 Å². The van der Waals surface area contributed by atoms with E-state index in [4.69, 9.17) is 14.7 Å². The maximum atomic E-state index is 14.1. The number of aryl methyl sites for hydroxylation is 2. The molecule has 0 aliphatic carbocycles. The van der Waals surface area contributed by atoms with Crippen molar-refractivity contribution in [3.05, 3.63) is 71.6 Å². The number of nitrogens with zero attached hydrogens (tertiary/aromatic N) is 6. The number of aromatic amines is 1. The molecule has 1 aliphatic rings. The lowest BCUT2D eigenvalue weighted by Gasteiger charge is -2.27. The van der Waals surface area contributed by atoms with Crippen molar-refractivity contribution in [3.8, 4) is 0 Å². The van der Waals surface area contributed by atoms with Crippen LogP contribution in [-0.2, 0) is 24.2 Å². The largest absolute Gasteiger partial charge is 0.378 e. The molecule has 1 aliphatic heterocycles. The summed E-state index contributed by atoms with van der Waals surface area (Å²) >= 11 is 0. The first-order valence-corrected chi connectivity index (χ1v) is 11.9. The van der Waals surface area contributed by atoms with Gasteiger partial charge in [-0.1, -0.05) is 12.1 Å². The fourth-order valence-corrected chi connectivity index (χ4v) is 4.34. The molecule has 190 valence electrons. The van der Waals surface area contributed by atoms with E-state index < -0.39 is 11.6 Å². The minimum atomic E-state index is -0.987. The number of imidazole rings is 2. The van der Waals surface area contributed by atoms with Gasteiger partial charge in [0.2, 0.25) is 5.95 Å². The predicted octanol–water partition coefficient (Wildman–Crippen LogP) is 3.81. The van der Waals surface area contributed by atoms with Crippen LogP contribution < -0.4 is 10.2 Å². The molecule has 0 saturated carbocycles. The van der Waals surface area contributed by atoms with Gasteiger partial charge in [0, 0.05) is 19.6 Å². The van der Waals surface area contributed by atoms with Gasteiger partial charge in [-0.15, -0.1) is 0 Å². The molecular weight excluding hydrogens is 485 g/mol. The fourth-order valence-electron chi connectivity index (χ4n) is 4.34. The zero-order valence-electron chi connectivity index (χ0n) is 19.7. The van der Waals surface area contributed by atoms with Crippen LogP contribution in [0.3, 0.4) is 0 Å². The number of aromatic nitrogens is 6. The molecule has 9 nitrogen and oxygen atoms in total. The first-order chi connectivity index (χ1) is 18.0. The molecule has 0 atom stereocenters. The van der Waals surface area contributed by atoms with Crippen LogP contribution in [0.4, 0.5) is 24.9 Å². The minimum Gasteiger partial charge on any atom is -0.378 e. The molecule has 2 aromatic carbocycles. The molecule has 12 heteroatoms. The zero-order chi connectivity index (χ0) is 25.4. The summed E-state index contributed by atoms with van der Waals surface area (Å²) in [5.74, 6) is -0.738. The Labute approximate surface area is 209 Å². The third-order valence-corrected chi connectivity index (χ3v) is 6.32. The van der Waals surface area contributed by atoms with Crippen LogP contribution in [-0.4, -0.2) is 55.8 Å². The summed E-state index contributed by atoms with van der Waals surface area (Å²) in [4.78, 5) is 23.3. The summed E-state index contributed by atoms with van der Waals surface area (Å²) in [6.07, 6.45) is 2.38. The fraction of sp³-hybridized carbons (Fsp3) is 0.280. The van der Waals surface area contributed by atoms with Crippen molar-refractivity contribution in [1.82, 2.24) is 29.5 Å². The second kappa shape index (κ2) is 9.69. The molecule has 0 spiro atoms. The highest BCUT2D eigenvalue weighted by molar-refractivity contribution is 5.84. The smallest absolute Gasteiger partial charge is 0.229 e. The van der Waals surface area contributed by atoms with Gasteiger partial charge in [-0.3, -0.25) is 0 Å². The summed E-state index contributed by atoms with van der Waals surface area (Å²) in [7, 11) is 0. The summed E-state index contributed by atoms with van der Waals surface area (Å²) in [6.45, 7) is 3.25. The van der Waals surface area contributed by atoms with E-state index in [-0.39, 0.29) is 17.9 Å². The Balaban J connectivity index is 1.30. The Morgan fingerprint density at radius 1 is 0.946 bits per heavy atom. The quantitative estimate of drug-likeness (QED) is 0.345. The number of rotatable bonds is 7. The van der Waals surface area contributed by atoms with Crippen molar-refractivity contribution >= 4 is 34.0 Å². The highest BCUT2D eigenvalue weighted by Crippen LogP contribution is 2.25. The SMILES string of the molecule is Fc1ccc(CCn2cnc3c(NCc4nc5c(F)c(F)ccc5[nH]4)nc(N4CCOCC4)nc32)cc1. The number of anilines is 2. The second-order valence-corrected chi connectivity index (χ2v) is 8.75. The molecule has 0 amide bonds. The summed E-state index contributed by atoms with van der Waals surface area (Å²) in [5.41, 5.74) is 2.58. The highest BCUT2D eigenvalue weighted by atomic mass is 19.2. The first-order valence-electron chi connectivity index (χ1n) is 11.9. The number of halogens is 3. The molecule has 5 aromatic rings. The molecular formula is C25H23F3N8O. The monoisotopic (exact) mass is 508 g/mol. The van der Waals surface area contributed by atoms with Crippen molar-refractivity contribution in [3.63, 3.8) is 0 Å². The van der Waals surface area contributed by atoms with Gasteiger partial charge in [0.25, 0.3) is 0 Å². The van der Waals surface area contributed by atoms with Gasteiger partial charge in [0.05, 0.1) is 31.6 Å². The van der Waals surface area contributed by atoms with E-state index in [1.54, 1.807) is 18.5 Å². The molecule has 3 aromatic heterocycles. The molecule has 4 heterocycles. The second-order valence-electron chi connectivity index (χ2n) is 8.75. The highest BCUT2D eigenvalue weighted by Gasteiger charge is 2.20. The van der Waals surface area contributed by atoms with Crippen LogP contribution in [0.25, 0.3) is 22.2 Å². The molecule has 2 N–H and O–H groups in total. The minimum absolute atomic E-state index is 0.0521. The summed E-state index contributed by atoms with van der Waals surface area (Å²) in [5, 5.41) is 3.24. The Bertz CT molecular complexity index is 1560. The van der Waals surface area contributed by atoms with Gasteiger partial charge in [-0.25, -0.2) is 23.1 Å². The standard InChI is InChI=1S/C25H23F3N8O/c26-16-3-1-15(2-4-16)7-8-36-14-30-22-23(33-25(34-24(22)36)35-9-11-37-12-10-35)29-13-19-31-18-6-5-17(27)20(28)21(18)32-19/h1-6,14H,7-13H2,(H,31,32)(H,29,33,34). The average molecular weight is 509 g/mol. The first kappa shape index (κ1) is 23.2. The van der Waals surface area contributed by atoms with E-state index in [1.807, 2.05) is 9.47 Å². The third kappa shape index (κ3) is 4.67. The number of morpholine rings is 1. The Morgan fingerprint density at radius 2 is 1.76 bits per heavy atom. The maximum absolute atomic E-state index is 14.1. The van der Waals surface area contributed by atoms with E-state index in [0.29, 0.717) is 73.5 Å². The Kier molecular flexibility index (Phi) is 6.08. The summed E-state index contributed by atoms with van der Waals surface area (Å²) < 4.78 is 48.4. The predicted molar refractivity (Wildman–Crippen MR) is 132 cm³/mol. The van der Waals surface area contributed by atoms with Crippen molar-refractivity contribution in [1.29, 1.82) is 0 Å².